The van der Waals surface area contributed by atoms with Gasteiger partial charge in [0, 0.05) is 10.5 Å². The molecular weight excluding hydrogens is 278 g/mol. The van der Waals surface area contributed by atoms with E-state index in [9.17, 15) is 14.9 Å². The second-order valence-corrected chi connectivity index (χ2v) is 3.87. The highest BCUT2D eigenvalue weighted by Gasteiger charge is 2.23. The smallest absolute Gasteiger partial charge is 0.311 e. The second kappa shape index (κ2) is 5.07. The van der Waals surface area contributed by atoms with Crippen molar-refractivity contribution in [3.63, 3.8) is 0 Å². The Morgan fingerprint density at radius 3 is 2.62 bits per heavy atom. The van der Waals surface area contributed by atoms with Crippen molar-refractivity contribution in [2.75, 3.05) is 6.61 Å². The maximum atomic E-state index is 11.4. The molecule has 6 heteroatoms. The highest BCUT2D eigenvalue weighted by Crippen LogP contribution is 2.36. The van der Waals surface area contributed by atoms with E-state index in [1.165, 1.54) is 19.1 Å². The molecule has 0 bridgehead atoms. The van der Waals surface area contributed by atoms with E-state index in [2.05, 4.69) is 15.9 Å². The van der Waals surface area contributed by atoms with Crippen LogP contribution in [0.4, 0.5) is 5.69 Å². The van der Waals surface area contributed by atoms with Crippen LogP contribution in [0.2, 0.25) is 0 Å². The molecule has 0 N–H and O–H groups in total. The molecule has 0 heterocycles. The lowest BCUT2D eigenvalue weighted by Crippen LogP contribution is -2.05. The molecule has 1 rings (SSSR count). The van der Waals surface area contributed by atoms with Crippen LogP contribution in [-0.2, 0) is 0 Å². The SMILES string of the molecule is CCOc1c([N+](=O)[O-])ccc(Br)c1C(C)=O. The van der Waals surface area contributed by atoms with Crippen LogP contribution in [0.3, 0.4) is 0 Å². The number of Topliss-reactive ketones (excluding diaryl/α,β-unsaturated/α-hetero) is 1. The first kappa shape index (κ1) is 12.6. The molecule has 0 aliphatic carbocycles. The summed E-state index contributed by atoms with van der Waals surface area (Å²) in [6, 6.07) is 2.78. The zero-order valence-electron chi connectivity index (χ0n) is 8.82. The van der Waals surface area contributed by atoms with Crippen LogP contribution in [0, 0.1) is 10.1 Å². The van der Waals surface area contributed by atoms with Gasteiger partial charge in [-0.1, -0.05) is 0 Å². The van der Waals surface area contributed by atoms with Crippen molar-refractivity contribution in [3.05, 3.63) is 32.3 Å². The molecule has 0 amide bonds. The molecule has 0 spiro atoms. The lowest BCUT2D eigenvalue weighted by Gasteiger charge is -2.09. The van der Waals surface area contributed by atoms with Gasteiger partial charge in [0.2, 0.25) is 5.75 Å². The fourth-order valence-electron chi connectivity index (χ4n) is 1.31. The van der Waals surface area contributed by atoms with Crippen molar-refractivity contribution in [2.24, 2.45) is 0 Å². The van der Waals surface area contributed by atoms with Crippen LogP contribution in [-0.4, -0.2) is 17.3 Å². The maximum absolute atomic E-state index is 11.4. The molecule has 0 saturated heterocycles. The molecule has 0 aliphatic rings. The molecular formula is C10H10BrNO4. The van der Waals surface area contributed by atoms with Gasteiger partial charge in [-0.05, 0) is 35.8 Å². The van der Waals surface area contributed by atoms with E-state index >= 15 is 0 Å². The highest BCUT2D eigenvalue weighted by atomic mass is 79.9. The first-order valence-electron chi connectivity index (χ1n) is 4.59. The number of nitro groups is 1. The molecule has 0 unspecified atom stereocenters. The predicted molar refractivity (Wildman–Crippen MR) is 62.0 cm³/mol. The third-order valence-corrected chi connectivity index (χ3v) is 2.58. The Kier molecular flexibility index (Phi) is 4.00. The van der Waals surface area contributed by atoms with E-state index in [-0.39, 0.29) is 29.4 Å². The summed E-state index contributed by atoms with van der Waals surface area (Å²) in [5.41, 5.74) is 0.00583. The van der Waals surface area contributed by atoms with Gasteiger partial charge in [-0.25, -0.2) is 0 Å². The molecule has 5 nitrogen and oxygen atoms in total. The number of carbonyl (C=O) groups excluding carboxylic acids is 1. The van der Waals surface area contributed by atoms with Gasteiger partial charge in [0.05, 0.1) is 17.1 Å². The Morgan fingerprint density at radius 2 is 2.19 bits per heavy atom. The highest BCUT2D eigenvalue weighted by molar-refractivity contribution is 9.10. The van der Waals surface area contributed by atoms with Crippen LogP contribution in [0.1, 0.15) is 24.2 Å². The number of carbonyl (C=O) groups is 1. The monoisotopic (exact) mass is 287 g/mol. The predicted octanol–water partition coefficient (Wildman–Crippen LogP) is 2.96. The van der Waals surface area contributed by atoms with Crippen molar-refractivity contribution < 1.29 is 14.5 Å². The summed E-state index contributed by atoms with van der Waals surface area (Å²) < 4.78 is 5.67. The summed E-state index contributed by atoms with van der Waals surface area (Å²) in [7, 11) is 0. The van der Waals surface area contributed by atoms with Crippen LogP contribution >= 0.6 is 15.9 Å². The Balaban J connectivity index is 3.49. The van der Waals surface area contributed by atoms with Gasteiger partial charge in [-0.2, -0.15) is 0 Å². The number of nitrogens with zero attached hydrogens (tertiary/aromatic N) is 1. The molecule has 86 valence electrons. The fourth-order valence-corrected chi connectivity index (χ4v) is 1.90. The number of benzene rings is 1. The number of ether oxygens (including phenoxy) is 1. The van der Waals surface area contributed by atoms with Gasteiger partial charge in [0.25, 0.3) is 0 Å². The van der Waals surface area contributed by atoms with E-state index in [4.69, 9.17) is 4.74 Å². The summed E-state index contributed by atoms with van der Waals surface area (Å²) in [6.07, 6.45) is 0. The molecule has 0 radical (unpaired) electrons. The summed E-state index contributed by atoms with van der Waals surface area (Å²) in [6.45, 7) is 3.30. The first-order chi connectivity index (χ1) is 7.49. The third-order valence-electron chi connectivity index (χ3n) is 1.92. The van der Waals surface area contributed by atoms with E-state index in [0.717, 1.165) is 0 Å². The van der Waals surface area contributed by atoms with E-state index in [0.29, 0.717) is 4.47 Å². The van der Waals surface area contributed by atoms with Gasteiger partial charge in [0.15, 0.2) is 5.78 Å². The zero-order chi connectivity index (χ0) is 12.3. The molecule has 0 atom stereocenters. The Hall–Kier alpha value is -1.43. The molecule has 16 heavy (non-hydrogen) atoms. The lowest BCUT2D eigenvalue weighted by atomic mass is 10.1. The normalized spacial score (nSPS) is 9.94. The summed E-state index contributed by atoms with van der Waals surface area (Å²) in [4.78, 5) is 21.6. The molecule has 0 fully saturated rings. The Bertz CT molecular complexity index is 445. The van der Waals surface area contributed by atoms with Crippen molar-refractivity contribution in [1.82, 2.24) is 0 Å². The molecule has 1 aromatic carbocycles. The number of halogens is 1. The first-order valence-corrected chi connectivity index (χ1v) is 5.39. The fraction of sp³-hybridized carbons (Fsp3) is 0.300. The average molecular weight is 288 g/mol. The zero-order valence-corrected chi connectivity index (χ0v) is 10.4. The van der Waals surface area contributed by atoms with Crippen molar-refractivity contribution in [3.8, 4) is 5.75 Å². The maximum Gasteiger partial charge on any atom is 0.311 e. The molecule has 0 saturated carbocycles. The minimum atomic E-state index is -0.566. The van der Waals surface area contributed by atoms with Crippen molar-refractivity contribution in [1.29, 1.82) is 0 Å². The molecule has 1 aromatic rings. The van der Waals surface area contributed by atoms with E-state index in [1.807, 2.05) is 0 Å². The van der Waals surface area contributed by atoms with Gasteiger partial charge < -0.3 is 4.74 Å². The summed E-state index contributed by atoms with van der Waals surface area (Å²) >= 11 is 3.18. The topological polar surface area (TPSA) is 69.4 Å². The minimum absolute atomic E-state index is 0.0226. The standard InChI is InChI=1S/C10H10BrNO4/c1-3-16-10-8(12(14)15)5-4-7(11)9(10)6(2)13/h4-5H,3H2,1-2H3. The van der Waals surface area contributed by atoms with Gasteiger partial charge >= 0.3 is 5.69 Å². The third kappa shape index (κ3) is 2.38. The summed E-state index contributed by atoms with van der Waals surface area (Å²) in [5.74, 6) is -0.256. The van der Waals surface area contributed by atoms with Crippen molar-refractivity contribution >= 4 is 27.4 Å². The van der Waals surface area contributed by atoms with Gasteiger partial charge in [-0.3, -0.25) is 14.9 Å². The number of hydrogen-bond acceptors (Lipinski definition) is 4. The largest absolute Gasteiger partial charge is 0.487 e. The minimum Gasteiger partial charge on any atom is -0.487 e. The van der Waals surface area contributed by atoms with Crippen LogP contribution in [0.25, 0.3) is 0 Å². The van der Waals surface area contributed by atoms with Crippen molar-refractivity contribution in [2.45, 2.75) is 13.8 Å². The van der Waals surface area contributed by atoms with Crippen LogP contribution in [0.5, 0.6) is 5.75 Å². The Morgan fingerprint density at radius 1 is 1.56 bits per heavy atom. The van der Waals surface area contributed by atoms with E-state index in [1.54, 1.807) is 6.92 Å². The summed E-state index contributed by atoms with van der Waals surface area (Å²) in [5, 5.41) is 10.8. The average Bonchev–Trinajstić information content (AvgIpc) is 2.17. The van der Waals surface area contributed by atoms with E-state index < -0.39 is 4.92 Å². The second-order valence-electron chi connectivity index (χ2n) is 3.02. The molecule has 0 aromatic heterocycles. The van der Waals surface area contributed by atoms with Gasteiger partial charge in [0.1, 0.15) is 0 Å². The Labute approximate surface area is 101 Å². The number of ketones is 1. The quantitative estimate of drug-likeness (QED) is 0.485. The molecule has 0 aliphatic heterocycles. The van der Waals surface area contributed by atoms with Crippen LogP contribution < -0.4 is 4.74 Å². The van der Waals surface area contributed by atoms with Gasteiger partial charge in [-0.15, -0.1) is 0 Å². The number of hydrogen-bond donors (Lipinski definition) is 0. The number of rotatable bonds is 4. The van der Waals surface area contributed by atoms with Crippen LogP contribution in [0.15, 0.2) is 16.6 Å². The number of nitro benzene ring substituents is 1. The lowest BCUT2D eigenvalue weighted by molar-refractivity contribution is -0.385.